The van der Waals surface area contributed by atoms with E-state index in [-0.39, 0.29) is 5.02 Å². The topological polar surface area (TPSA) is 0 Å². The van der Waals surface area contributed by atoms with E-state index in [0.717, 1.165) is 0 Å². The van der Waals surface area contributed by atoms with Crippen LogP contribution >= 0.6 is 27.5 Å². The van der Waals surface area contributed by atoms with Crippen molar-refractivity contribution in [3.8, 4) is 11.1 Å². The predicted molar refractivity (Wildman–Crippen MR) is 63.3 cm³/mol. The molecule has 0 bridgehead atoms. The van der Waals surface area contributed by atoms with Gasteiger partial charge in [-0.05, 0) is 46.3 Å². The van der Waals surface area contributed by atoms with Gasteiger partial charge in [-0.2, -0.15) is 0 Å². The van der Waals surface area contributed by atoms with Crippen molar-refractivity contribution >= 4 is 27.5 Å². The maximum absolute atomic E-state index is 13.1. The van der Waals surface area contributed by atoms with E-state index in [1.54, 1.807) is 0 Å². The summed E-state index contributed by atoms with van der Waals surface area (Å²) >= 11 is 9.14. The molecule has 0 N–H and O–H groups in total. The van der Waals surface area contributed by atoms with Crippen LogP contribution in [0.3, 0.4) is 0 Å². The summed E-state index contributed by atoms with van der Waals surface area (Å²) in [6.45, 7) is 0. The number of hydrogen-bond acceptors (Lipinski definition) is 0. The van der Waals surface area contributed by atoms with Crippen LogP contribution in [0.1, 0.15) is 0 Å². The third-order valence-electron chi connectivity index (χ3n) is 2.08. The molecule has 2 rings (SSSR count). The van der Waals surface area contributed by atoms with Crippen LogP contribution in [0.15, 0.2) is 34.8 Å². The van der Waals surface area contributed by atoms with Gasteiger partial charge in [0.2, 0.25) is 0 Å². The van der Waals surface area contributed by atoms with Crippen LogP contribution in [0.5, 0.6) is 0 Å². The summed E-state index contributed by atoms with van der Waals surface area (Å²) in [4.78, 5) is 0. The molecule has 0 atom stereocenters. The van der Waals surface area contributed by atoms with Gasteiger partial charge in [-0.25, -0.2) is 8.78 Å². The van der Waals surface area contributed by atoms with E-state index in [2.05, 4.69) is 22.0 Å². The van der Waals surface area contributed by atoms with Crippen LogP contribution in [-0.4, -0.2) is 0 Å². The fourth-order valence-corrected chi connectivity index (χ4v) is 2.07. The fraction of sp³-hybridized carbons (Fsp3) is 0. The molecule has 0 spiro atoms. The zero-order valence-electron chi connectivity index (χ0n) is 7.90. The molecule has 0 fully saturated rings. The Bertz CT molecular complexity index is 541. The minimum atomic E-state index is -0.426. The van der Waals surface area contributed by atoms with E-state index in [0.29, 0.717) is 15.6 Å². The second-order valence-electron chi connectivity index (χ2n) is 3.17. The largest absolute Gasteiger partial charge is 0.207 e. The molecular weight excluding hydrogens is 297 g/mol. The summed E-state index contributed by atoms with van der Waals surface area (Å²) < 4.78 is 26.5. The molecule has 0 aliphatic rings. The van der Waals surface area contributed by atoms with E-state index < -0.39 is 11.6 Å². The van der Waals surface area contributed by atoms with Gasteiger partial charge in [-0.15, -0.1) is 0 Å². The van der Waals surface area contributed by atoms with Gasteiger partial charge in [0.15, 0.2) is 0 Å². The fourth-order valence-electron chi connectivity index (χ4n) is 1.36. The first-order chi connectivity index (χ1) is 7.58. The van der Waals surface area contributed by atoms with Gasteiger partial charge in [0.05, 0.1) is 5.02 Å². The number of benzene rings is 2. The lowest BCUT2D eigenvalue weighted by Gasteiger charge is -2.06. The van der Waals surface area contributed by atoms with Crippen molar-refractivity contribution in [3.05, 3.63) is 57.5 Å². The van der Waals surface area contributed by atoms with Gasteiger partial charge < -0.3 is 0 Å². The lowest BCUT2D eigenvalue weighted by atomic mass is 10.1. The molecule has 0 aliphatic carbocycles. The van der Waals surface area contributed by atoms with Crippen LogP contribution in [0.25, 0.3) is 11.1 Å². The third-order valence-corrected chi connectivity index (χ3v) is 3.05. The number of hydrogen-bond donors (Lipinski definition) is 0. The molecule has 0 saturated carbocycles. The molecular formula is C12H5BrClF2. The maximum atomic E-state index is 13.1. The van der Waals surface area contributed by atoms with E-state index in [1.807, 2.05) is 0 Å². The van der Waals surface area contributed by atoms with E-state index in [4.69, 9.17) is 11.6 Å². The molecule has 2 aromatic rings. The van der Waals surface area contributed by atoms with Crippen molar-refractivity contribution in [1.29, 1.82) is 0 Å². The Hall–Kier alpha value is -0.930. The Labute approximate surface area is 105 Å². The van der Waals surface area contributed by atoms with Crippen LogP contribution in [0.2, 0.25) is 5.02 Å². The van der Waals surface area contributed by atoms with Crippen molar-refractivity contribution in [2.45, 2.75) is 0 Å². The molecule has 0 aliphatic heterocycles. The Morgan fingerprint density at radius 3 is 2.50 bits per heavy atom. The summed E-state index contributed by atoms with van der Waals surface area (Å²) in [5.41, 5.74) is 1.11. The Kier molecular flexibility index (Phi) is 3.26. The van der Waals surface area contributed by atoms with Crippen LogP contribution in [0.4, 0.5) is 8.78 Å². The van der Waals surface area contributed by atoms with Gasteiger partial charge >= 0.3 is 0 Å². The van der Waals surface area contributed by atoms with Gasteiger partial charge in [0.1, 0.15) is 11.6 Å². The van der Waals surface area contributed by atoms with Gasteiger partial charge in [0, 0.05) is 21.7 Å². The summed E-state index contributed by atoms with van der Waals surface area (Å²) in [5, 5.41) is 0.236. The zero-order chi connectivity index (χ0) is 11.7. The summed E-state index contributed by atoms with van der Waals surface area (Å²) in [6, 6.07) is 9.20. The van der Waals surface area contributed by atoms with E-state index in [1.165, 1.54) is 30.3 Å². The Balaban J connectivity index is 2.62. The van der Waals surface area contributed by atoms with Gasteiger partial charge in [-0.3, -0.25) is 0 Å². The second-order valence-corrected chi connectivity index (χ2v) is 4.37. The molecule has 0 nitrogen and oxygen atoms in total. The first-order valence-corrected chi connectivity index (χ1v) is 5.57. The first-order valence-electron chi connectivity index (χ1n) is 4.40. The van der Waals surface area contributed by atoms with Crippen LogP contribution < -0.4 is 0 Å². The zero-order valence-corrected chi connectivity index (χ0v) is 10.2. The average molecular weight is 303 g/mol. The molecule has 2 aromatic carbocycles. The normalized spacial score (nSPS) is 10.5. The first kappa shape index (κ1) is 11.6. The van der Waals surface area contributed by atoms with Crippen molar-refractivity contribution < 1.29 is 8.78 Å². The SMILES string of the molecule is Fc1ccc(-c2cc(F)c[c]c2Br)c(Cl)c1. The molecule has 4 heteroatoms. The monoisotopic (exact) mass is 301 g/mol. The maximum Gasteiger partial charge on any atom is 0.124 e. The molecule has 0 unspecified atom stereocenters. The highest BCUT2D eigenvalue weighted by atomic mass is 79.9. The lowest BCUT2D eigenvalue weighted by Crippen LogP contribution is -1.85. The summed E-state index contributed by atoms with van der Waals surface area (Å²) in [6.07, 6.45) is 0. The number of rotatable bonds is 1. The van der Waals surface area contributed by atoms with Crippen LogP contribution in [0, 0.1) is 17.7 Å². The molecule has 0 aromatic heterocycles. The molecule has 0 heterocycles. The Morgan fingerprint density at radius 2 is 1.81 bits per heavy atom. The van der Waals surface area contributed by atoms with Crippen LogP contribution in [-0.2, 0) is 0 Å². The van der Waals surface area contributed by atoms with Gasteiger partial charge in [-0.1, -0.05) is 11.6 Å². The van der Waals surface area contributed by atoms with Crippen molar-refractivity contribution in [2.24, 2.45) is 0 Å². The smallest absolute Gasteiger partial charge is 0.124 e. The van der Waals surface area contributed by atoms with E-state index in [9.17, 15) is 8.78 Å². The average Bonchev–Trinajstić information content (AvgIpc) is 2.22. The summed E-state index contributed by atoms with van der Waals surface area (Å²) in [5.74, 6) is -0.844. The predicted octanol–water partition coefficient (Wildman–Crippen LogP) is 4.85. The summed E-state index contributed by atoms with van der Waals surface area (Å²) in [7, 11) is 0. The lowest BCUT2D eigenvalue weighted by molar-refractivity contribution is 0.627. The third kappa shape index (κ3) is 2.25. The highest BCUT2D eigenvalue weighted by Crippen LogP contribution is 2.33. The minimum absolute atomic E-state index is 0.236. The molecule has 0 saturated heterocycles. The quantitative estimate of drug-likeness (QED) is 0.706. The van der Waals surface area contributed by atoms with E-state index >= 15 is 0 Å². The number of halogens is 4. The second kappa shape index (κ2) is 4.52. The molecule has 0 amide bonds. The van der Waals surface area contributed by atoms with Crippen molar-refractivity contribution in [1.82, 2.24) is 0 Å². The Morgan fingerprint density at radius 1 is 1.06 bits per heavy atom. The van der Waals surface area contributed by atoms with Crippen molar-refractivity contribution in [3.63, 3.8) is 0 Å². The van der Waals surface area contributed by atoms with Gasteiger partial charge in [0.25, 0.3) is 0 Å². The standard InChI is InChI=1S/C12H5BrClF2/c13-11-4-2-7(15)5-10(11)9-3-1-8(16)6-12(9)14/h1-3,5-6H. The minimum Gasteiger partial charge on any atom is -0.207 e. The molecule has 1 radical (unpaired) electrons. The highest BCUT2D eigenvalue weighted by molar-refractivity contribution is 9.10. The highest BCUT2D eigenvalue weighted by Gasteiger charge is 2.09. The molecule has 16 heavy (non-hydrogen) atoms. The molecule has 81 valence electrons. The van der Waals surface area contributed by atoms with Crippen molar-refractivity contribution in [2.75, 3.05) is 0 Å².